The number of aromatic amines is 2. The van der Waals surface area contributed by atoms with Crippen LogP contribution >= 0.6 is 0 Å². The molecular formula is C19H20N5O2+. The van der Waals surface area contributed by atoms with Crippen molar-refractivity contribution in [3.8, 4) is 11.3 Å². The lowest BCUT2D eigenvalue weighted by molar-refractivity contribution is -0.352. The molecule has 1 aromatic carbocycles. The number of nitrogens with one attached hydrogen (secondary N) is 2. The number of aromatic nitrogens is 3. The molecule has 2 aromatic heterocycles. The van der Waals surface area contributed by atoms with Crippen molar-refractivity contribution in [3.63, 3.8) is 0 Å². The largest absolute Gasteiger partial charge is 0.369 e. The van der Waals surface area contributed by atoms with Gasteiger partial charge in [-0.15, -0.1) is 4.98 Å². The van der Waals surface area contributed by atoms with E-state index in [4.69, 9.17) is 5.73 Å². The van der Waals surface area contributed by atoms with E-state index in [9.17, 15) is 9.59 Å². The highest BCUT2D eigenvalue weighted by Crippen LogP contribution is 2.25. The summed E-state index contributed by atoms with van der Waals surface area (Å²) in [5.41, 5.74) is 8.57. The van der Waals surface area contributed by atoms with Crippen LogP contribution < -0.4 is 10.7 Å². The molecule has 1 atom stereocenters. The van der Waals surface area contributed by atoms with E-state index in [0.717, 1.165) is 35.1 Å². The van der Waals surface area contributed by atoms with E-state index in [-0.39, 0.29) is 17.7 Å². The number of piperidine rings is 1. The number of carbonyl (C=O) groups excluding carboxylic acids is 2. The molecule has 132 valence electrons. The average molecular weight is 350 g/mol. The Hall–Kier alpha value is -3.22. The highest BCUT2D eigenvalue weighted by Gasteiger charge is 2.27. The first-order valence-electron chi connectivity index (χ1n) is 8.66. The molecule has 7 nitrogen and oxygen atoms in total. The Labute approximate surface area is 150 Å². The SMILES string of the molecule is NC(=O)[C@@H]1CCCN(C(=O)c2cccc(-c3nc[nH+]c4[nH]ccc34)c2)C1. The van der Waals surface area contributed by atoms with E-state index >= 15 is 0 Å². The maximum atomic E-state index is 12.9. The van der Waals surface area contributed by atoms with Gasteiger partial charge < -0.3 is 10.6 Å². The van der Waals surface area contributed by atoms with Crippen LogP contribution in [-0.2, 0) is 4.79 Å². The zero-order chi connectivity index (χ0) is 18.1. The smallest absolute Gasteiger partial charge is 0.253 e. The van der Waals surface area contributed by atoms with Crippen molar-refractivity contribution in [2.24, 2.45) is 11.7 Å². The van der Waals surface area contributed by atoms with Crippen LogP contribution in [0, 0.1) is 5.92 Å². The minimum absolute atomic E-state index is 0.0781. The molecule has 26 heavy (non-hydrogen) atoms. The second kappa shape index (κ2) is 6.59. The number of hydrogen-bond donors (Lipinski definition) is 2. The molecule has 1 aliphatic heterocycles. The molecule has 0 aliphatic carbocycles. The molecule has 4 N–H and O–H groups in total. The van der Waals surface area contributed by atoms with Crippen LogP contribution in [0.25, 0.3) is 22.3 Å². The van der Waals surface area contributed by atoms with E-state index in [1.54, 1.807) is 17.3 Å². The van der Waals surface area contributed by atoms with E-state index in [1.165, 1.54) is 0 Å². The summed E-state index contributed by atoms with van der Waals surface area (Å²) in [4.78, 5) is 36.7. The van der Waals surface area contributed by atoms with Crippen molar-refractivity contribution >= 4 is 22.8 Å². The van der Waals surface area contributed by atoms with Gasteiger partial charge in [-0.1, -0.05) is 12.1 Å². The lowest BCUT2D eigenvalue weighted by atomic mass is 9.96. The number of likely N-dealkylation sites (tertiary alicyclic amines) is 1. The van der Waals surface area contributed by atoms with Gasteiger partial charge in [-0.2, -0.15) is 0 Å². The first-order valence-corrected chi connectivity index (χ1v) is 8.66. The third kappa shape index (κ3) is 2.92. The number of H-pyrrole nitrogens is 2. The van der Waals surface area contributed by atoms with E-state index in [1.807, 2.05) is 30.5 Å². The molecule has 1 saturated heterocycles. The van der Waals surface area contributed by atoms with Crippen molar-refractivity contribution in [1.29, 1.82) is 0 Å². The van der Waals surface area contributed by atoms with Crippen LogP contribution in [0.1, 0.15) is 23.2 Å². The third-order valence-corrected chi connectivity index (χ3v) is 4.90. The number of hydrogen-bond acceptors (Lipinski definition) is 3. The third-order valence-electron chi connectivity index (χ3n) is 4.90. The van der Waals surface area contributed by atoms with Gasteiger partial charge in [-0.3, -0.25) is 14.6 Å². The van der Waals surface area contributed by atoms with Gasteiger partial charge in [-0.05, 0) is 31.0 Å². The fourth-order valence-electron chi connectivity index (χ4n) is 3.52. The van der Waals surface area contributed by atoms with Crippen molar-refractivity contribution in [1.82, 2.24) is 14.9 Å². The van der Waals surface area contributed by atoms with Crippen molar-refractivity contribution in [2.45, 2.75) is 12.8 Å². The van der Waals surface area contributed by atoms with Crippen LogP contribution in [0.5, 0.6) is 0 Å². The van der Waals surface area contributed by atoms with Crippen LogP contribution in [0.4, 0.5) is 0 Å². The van der Waals surface area contributed by atoms with Gasteiger partial charge in [0.25, 0.3) is 5.91 Å². The summed E-state index contributed by atoms with van der Waals surface area (Å²) in [6.45, 7) is 1.03. The summed E-state index contributed by atoms with van der Waals surface area (Å²) >= 11 is 0. The van der Waals surface area contributed by atoms with Gasteiger partial charge in [0.15, 0.2) is 5.69 Å². The molecule has 0 spiro atoms. The molecule has 0 radical (unpaired) electrons. The van der Waals surface area contributed by atoms with Gasteiger partial charge in [0, 0.05) is 24.2 Å². The Bertz CT molecular complexity index is 981. The number of primary amides is 1. The summed E-state index contributed by atoms with van der Waals surface area (Å²) in [5.74, 6) is -0.678. The molecule has 1 fully saturated rings. The van der Waals surface area contributed by atoms with Gasteiger partial charge in [0.2, 0.25) is 17.9 Å². The molecule has 0 saturated carbocycles. The summed E-state index contributed by atoms with van der Waals surface area (Å²) in [7, 11) is 0. The Morgan fingerprint density at radius 2 is 2.19 bits per heavy atom. The Morgan fingerprint density at radius 3 is 3.04 bits per heavy atom. The molecular weight excluding hydrogens is 330 g/mol. The number of fused-ring (bicyclic) bond motifs is 1. The number of carbonyl (C=O) groups is 2. The highest BCUT2D eigenvalue weighted by atomic mass is 16.2. The number of amides is 2. The number of benzene rings is 1. The van der Waals surface area contributed by atoms with Crippen LogP contribution in [0.2, 0.25) is 0 Å². The van der Waals surface area contributed by atoms with E-state index in [0.29, 0.717) is 18.7 Å². The van der Waals surface area contributed by atoms with Gasteiger partial charge in [0.05, 0.1) is 17.5 Å². The highest BCUT2D eigenvalue weighted by molar-refractivity contribution is 5.97. The Kier molecular flexibility index (Phi) is 4.12. The number of rotatable bonds is 3. The summed E-state index contributed by atoms with van der Waals surface area (Å²) in [5, 5.41) is 0.962. The second-order valence-electron chi connectivity index (χ2n) is 6.59. The molecule has 4 rings (SSSR count). The van der Waals surface area contributed by atoms with Crippen molar-refractivity contribution in [3.05, 3.63) is 48.4 Å². The standard InChI is InChI=1S/C19H19N5O2/c20-17(25)14-5-2-8-24(10-14)19(26)13-4-1-3-12(9-13)16-15-6-7-21-18(15)23-11-22-16/h1,3-4,6-7,9,11,14H,2,5,8,10H2,(H2,20,25)(H,21,22,23)/p+1/t14-/m1/s1. The fraction of sp³-hybridized carbons (Fsp3) is 0.263. The maximum Gasteiger partial charge on any atom is 0.253 e. The molecule has 3 heterocycles. The lowest BCUT2D eigenvalue weighted by Crippen LogP contribution is -2.44. The predicted octanol–water partition coefficient (Wildman–Crippen LogP) is 1.38. The first kappa shape index (κ1) is 16.3. The minimum atomic E-state index is -0.337. The number of nitrogens with two attached hydrogens (primary N) is 1. The van der Waals surface area contributed by atoms with Crippen LogP contribution in [0.15, 0.2) is 42.9 Å². The summed E-state index contributed by atoms with van der Waals surface area (Å²) in [6, 6.07) is 9.39. The fourth-order valence-corrected chi connectivity index (χ4v) is 3.52. The Morgan fingerprint density at radius 1 is 1.31 bits per heavy atom. The lowest BCUT2D eigenvalue weighted by Gasteiger charge is -2.31. The summed E-state index contributed by atoms with van der Waals surface area (Å²) < 4.78 is 0. The summed E-state index contributed by atoms with van der Waals surface area (Å²) in [6.07, 6.45) is 5.01. The second-order valence-corrected chi connectivity index (χ2v) is 6.59. The topological polar surface area (TPSA) is 106 Å². The van der Waals surface area contributed by atoms with E-state index in [2.05, 4.69) is 15.0 Å². The molecule has 0 unspecified atom stereocenters. The van der Waals surface area contributed by atoms with Gasteiger partial charge >= 0.3 is 0 Å². The molecule has 1 aliphatic rings. The van der Waals surface area contributed by atoms with E-state index < -0.39 is 0 Å². The zero-order valence-corrected chi connectivity index (χ0v) is 14.2. The van der Waals surface area contributed by atoms with Crippen LogP contribution in [0.3, 0.4) is 0 Å². The molecule has 3 aromatic rings. The zero-order valence-electron chi connectivity index (χ0n) is 14.2. The molecule has 2 amide bonds. The molecule has 7 heteroatoms. The maximum absolute atomic E-state index is 12.9. The normalized spacial score (nSPS) is 17.4. The minimum Gasteiger partial charge on any atom is -0.369 e. The van der Waals surface area contributed by atoms with Gasteiger partial charge in [0.1, 0.15) is 0 Å². The van der Waals surface area contributed by atoms with Crippen molar-refractivity contribution in [2.75, 3.05) is 13.1 Å². The first-order chi connectivity index (χ1) is 12.6. The predicted molar refractivity (Wildman–Crippen MR) is 95.9 cm³/mol. The Balaban J connectivity index is 1.64. The van der Waals surface area contributed by atoms with Crippen LogP contribution in [-0.4, -0.2) is 39.8 Å². The van der Waals surface area contributed by atoms with Gasteiger partial charge in [-0.25, -0.2) is 4.98 Å². The molecule has 0 bridgehead atoms. The number of nitrogens with zero attached hydrogens (tertiary/aromatic N) is 2. The van der Waals surface area contributed by atoms with Crippen molar-refractivity contribution < 1.29 is 14.6 Å². The average Bonchev–Trinajstić information content (AvgIpc) is 3.16. The monoisotopic (exact) mass is 350 g/mol. The quantitative estimate of drug-likeness (QED) is 0.745.